The van der Waals surface area contributed by atoms with E-state index in [-0.39, 0.29) is 18.0 Å². The van der Waals surface area contributed by atoms with Crippen molar-refractivity contribution in [3.63, 3.8) is 0 Å². The molecule has 1 aromatic heterocycles. The summed E-state index contributed by atoms with van der Waals surface area (Å²) in [6.45, 7) is 2.52. The number of carboxylic acids is 1. The lowest BCUT2D eigenvalue weighted by atomic mass is 9.86. The van der Waals surface area contributed by atoms with E-state index in [1.54, 1.807) is 11.0 Å². The van der Waals surface area contributed by atoms with Gasteiger partial charge in [-0.1, -0.05) is 18.0 Å². The van der Waals surface area contributed by atoms with Crippen molar-refractivity contribution in [3.8, 4) is 0 Å². The van der Waals surface area contributed by atoms with Gasteiger partial charge < -0.3 is 26.0 Å². The first-order chi connectivity index (χ1) is 14.4. The lowest BCUT2D eigenvalue weighted by Crippen LogP contribution is -2.54. The van der Waals surface area contributed by atoms with Gasteiger partial charge in [0.1, 0.15) is 5.82 Å². The third kappa shape index (κ3) is 4.38. The summed E-state index contributed by atoms with van der Waals surface area (Å²) in [6, 6.07) is 7.26. The van der Waals surface area contributed by atoms with Crippen LogP contribution in [0.25, 0.3) is 10.9 Å². The lowest BCUT2D eigenvalue weighted by Gasteiger charge is -2.38. The van der Waals surface area contributed by atoms with Crippen LogP contribution < -0.4 is 16.0 Å². The van der Waals surface area contributed by atoms with Gasteiger partial charge in [-0.05, 0) is 37.5 Å². The fourth-order valence-corrected chi connectivity index (χ4v) is 4.59. The van der Waals surface area contributed by atoms with Crippen molar-refractivity contribution in [1.82, 2.24) is 15.2 Å². The predicted octanol–water partition coefficient (Wildman–Crippen LogP) is 2.95. The maximum atomic E-state index is 12.7. The van der Waals surface area contributed by atoms with Gasteiger partial charge in [-0.25, -0.2) is 9.78 Å². The molecule has 1 aliphatic heterocycles. The number of nitrogens with zero attached hydrogens (tertiary/aromatic N) is 3. The molecule has 2 amide bonds. The minimum Gasteiger partial charge on any atom is -0.481 e. The summed E-state index contributed by atoms with van der Waals surface area (Å²) in [5.41, 5.74) is 7.74. The molecule has 30 heavy (non-hydrogen) atoms. The van der Waals surface area contributed by atoms with E-state index in [4.69, 9.17) is 17.3 Å². The van der Waals surface area contributed by atoms with Gasteiger partial charge in [0.2, 0.25) is 0 Å². The zero-order valence-corrected chi connectivity index (χ0v) is 17.4. The SMILES string of the molecule is Nc1cc(N2CCN(C(=O)NC3CCCC(C(=O)O)C3)CC2)c2ccc(Cl)cc2n1. The first-order valence-corrected chi connectivity index (χ1v) is 10.7. The molecule has 2 aliphatic rings. The number of nitrogens with one attached hydrogen (secondary N) is 1. The molecule has 0 spiro atoms. The molecule has 8 nitrogen and oxygen atoms in total. The Kier molecular flexibility index (Phi) is 5.85. The number of fused-ring (bicyclic) bond motifs is 1. The number of aromatic nitrogens is 1. The number of aliphatic carboxylic acids is 1. The average molecular weight is 432 g/mol. The number of piperazine rings is 1. The lowest BCUT2D eigenvalue weighted by molar-refractivity contribution is -0.143. The second-order valence-electron chi connectivity index (χ2n) is 8.05. The summed E-state index contributed by atoms with van der Waals surface area (Å²) in [6.07, 6.45) is 2.86. The van der Waals surface area contributed by atoms with E-state index < -0.39 is 5.97 Å². The van der Waals surface area contributed by atoms with E-state index >= 15 is 0 Å². The number of rotatable bonds is 3. The van der Waals surface area contributed by atoms with E-state index in [2.05, 4.69) is 15.2 Å². The Labute approximate surface area is 180 Å². The molecule has 2 unspecified atom stereocenters. The van der Waals surface area contributed by atoms with Crippen molar-refractivity contribution in [1.29, 1.82) is 0 Å². The van der Waals surface area contributed by atoms with Crippen LogP contribution in [0.5, 0.6) is 0 Å². The minimum atomic E-state index is -0.771. The number of hydrogen-bond acceptors (Lipinski definition) is 5. The van der Waals surface area contributed by atoms with Gasteiger partial charge in [0.25, 0.3) is 0 Å². The molecule has 1 aliphatic carbocycles. The van der Waals surface area contributed by atoms with Crippen molar-refractivity contribution in [2.75, 3.05) is 36.8 Å². The second-order valence-corrected chi connectivity index (χ2v) is 8.49. The highest BCUT2D eigenvalue weighted by Gasteiger charge is 2.30. The molecular formula is C21H26ClN5O3. The van der Waals surface area contributed by atoms with E-state index in [9.17, 15) is 14.7 Å². The number of carbonyl (C=O) groups is 2. The van der Waals surface area contributed by atoms with Crippen LogP contribution in [0, 0.1) is 5.92 Å². The van der Waals surface area contributed by atoms with Crippen LogP contribution in [0.3, 0.4) is 0 Å². The summed E-state index contributed by atoms with van der Waals surface area (Å²) >= 11 is 6.09. The quantitative estimate of drug-likeness (QED) is 0.688. The number of hydrogen-bond donors (Lipinski definition) is 3. The van der Waals surface area contributed by atoms with Crippen molar-refractivity contribution in [2.24, 2.45) is 5.92 Å². The molecular weight excluding hydrogens is 406 g/mol. The van der Waals surface area contributed by atoms with Gasteiger partial charge in [-0.3, -0.25) is 4.79 Å². The highest BCUT2D eigenvalue weighted by Crippen LogP contribution is 2.30. The molecule has 4 rings (SSSR count). The van der Waals surface area contributed by atoms with Crippen LogP contribution >= 0.6 is 11.6 Å². The van der Waals surface area contributed by atoms with Gasteiger partial charge in [0, 0.05) is 54.4 Å². The van der Waals surface area contributed by atoms with Crippen LogP contribution in [-0.4, -0.2) is 59.2 Å². The molecule has 1 saturated carbocycles. The summed E-state index contributed by atoms with van der Waals surface area (Å²) in [5.74, 6) is -0.697. The van der Waals surface area contributed by atoms with Gasteiger partial charge in [-0.15, -0.1) is 0 Å². The number of urea groups is 1. The molecule has 160 valence electrons. The Morgan fingerprint density at radius 3 is 2.67 bits per heavy atom. The number of pyridine rings is 1. The number of nitrogens with two attached hydrogens (primary N) is 1. The molecule has 9 heteroatoms. The van der Waals surface area contributed by atoms with Gasteiger partial charge in [0.15, 0.2) is 0 Å². The van der Waals surface area contributed by atoms with Crippen LogP contribution in [0.15, 0.2) is 24.3 Å². The highest BCUT2D eigenvalue weighted by atomic mass is 35.5. The number of amides is 2. The van der Waals surface area contributed by atoms with Crippen molar-refractivity contribution < 1.29 is 14.7 Å². The molecule has 0 radical (unpaired) electrons. The van der Waals surface area contributed by atoms with Gasteiger partial charge >= 0.3 is 12.0 Å². The largest absolute Gasteiger partial charge is 0.481 e. The van der Waals surface area contributed by atoms with Crippen molar-refractivity contribution in [2.45, 2.75) is 31.7 Å². The summed E-state index contributed by atoms with van der Waals surface area (Å²) < 4.78 is 0. The Balaban J connectivity index is 1.39. The number of benzene rings is 1. The average Bonchev–Trinajstić information content (AvgIpc) is 2.73. The highest BCUT2D eigenvalue weighted by molar-refractivity contribution is 6.31. The number of carboxylic acid groups (broad SMARTS) is 1. The maximum absolute atomic E-state index is 12.7. The monoisotopic (exact) mass is 431 g/mol. The smallest absolute Gasteiger partial charge is 0.317 e. The Morgan fingerprint density at radius 1 is 1.17 bits per heavy atom. The van der Waals surface area contributed by atoms with Crippen LogP contribution in [0.4, 0.5) is 16.3 Å². The molecule has 1 saturated heterocycles. The molecule has 2 aromatic rings. The van der Waals surface area contributed by atoms with E-state index in [0.717, 1.165) is 29.4 Å². The third-order valence-corrected chi connectivity index (χ3v) is 6.26. The van der Waals surface area contributed by atoms with Crippen LogP contribution in [-0.2, 0) is 4.79 Å². The molecule has 2 heterocycles. The predicted molar refractivity (Wildman–Crippen MR) is 117 cm³/mol. The molecule has 4 N–H and O–H groups in total. The first-order valence-electron chi connectivity index (χ1n) is 10.3. The minimum absolute atomic E-state index is 0.0703. The Bertz CT molecular complexity index is 956. The van der Waals surface area contributed by atoms with Crippen molar-refractivity contribution in [3.05, 3.63) is 29.3 Å². The summed E-state index contributed by atoms with van der Waals surface area (Å²) in [7, 11) is 0. The fraction of sp³-hybridized carbons (Fsp3) is 0.476. The summed E-state index contributed by atoms with van der Waals surface area (Å²) in [5, 5.41) is 13.9. The Morgan fingerprint density at radius 2 is 1.93 bits per heavy atom. The van der Waals surface area contributed by atoms with E-state index in [1.807, 2.05) is 18.2 Å². The number of halogens is 1. The molecule has 0 bridgehead atoms. The second kappa shape index (κ2) is 8.55. The number of carbonyl (C=O) groups excluding carboxylic acids is 1. The first kappa shape index (κ1) is 20.5. The maximum Gasteiger partial charge on any atom is 0.317 e. The van der Waals surface area contributed by atoms with Crippen molar-refractivity contribution >= 4 is 46.0 Å². The van der Waals surface area contributed by atoms with Crippen LogP contribution in [0.1, 0.15) is 25.7 Å². The summed E-state index contributed by atoms with van der Waals surface area (Å²) in [4.78, 5) is 32.3. The van der Waals surface area contributed by atoms with Gasteiger partial charge in [0.05, 0.1) is 11.4 Å². The van der Waals surface area contributed by atoms with E-state index in [0.29, 0.717) is 49.9 Å². The molecule has 1 aromatic carbocycles. The van der Waals surface area contributed by atoms with Crippen LogP contribution in [0.2, 0.25) is 5.02 Å². The third-order valence-electron chi connectivity index (χ3n) is 6.03. The fourth-order valence-electron chi connectivity index (χ4n) is 4.43. The standard InChI is InChI=1S/C21H26ClN5O3/c22-14-4-5-16-17(11-14)25-19(23)12-18(16)26-6-8-27(9-7-26)21(30)24-15-3-1-2-13(10-15)20(28)29/h4-5,11-13,15H,1-3,6-10H2,(H2,23,25)(H,24,30)(H,28,29). The van der Waals surface area contributed by atoms with Gasteiger partial charge in [-0.2, -0.15) is 0 Å². The zero-order valence-electron chi connectivity index (χ0n) is 16.7. The normalized spacial score (nSPS) is 22.2. The molecule has 2 fully saturated rings. The number of anilines is 2. The number of nitrogen functional groups attached to an aromatic ring is 1. The van der Waals surface area contributed by atoms with E-state index in [1.165, 1.54) is 0 Å². The molecule has 2 atom stereocenters. The zero-order chi connectivity index (χ0) is 21.3. The topological polar surface area (TPSA) is 112 Å². The Hall–Kier alpha value is -2.74.